The van der Waals surface area contributed by atoms with Crippen LogP contribution in [0.4, 0.5) is 0 Å². The van der Waals surface area contributed by atoms with Gasteiger partial charge < -0.3 is 9.64 Å². The lowest BCUT2D eigenvalue weighted by molar-refractivity contribution is -0.0387. The Morgan fingerprint density at radius 3 is 2.73 bits per heavy atom. The van der Waals surface area contributed by atoms with Crippen LogP contribution in [0.25, 0.3) is 0 Å². The molecular weight excluding hydrogens is 328 g/mol. The molecule has 122 valence electrons. The zero-order valence-electron chi connectivity index (χ0n) is 12.7. The molecule has 2 rings (SSSR count). The smallest absolute Gasteiger partial charge is 0.255 e. The highest BCUT2D eigenvalue weighted by Gasteiger charge is 2.30. The number of morpholine rings is 1. The van der Waals surface area contributed by atoms with E-state index >= 15 is 0 Å². The lowest BCUT2D eigenvalue weighted by Gasteiger charge is -2.37. The number of nitrogens with one attached hydrogen (secondary N) is 1. The van der Waals surface area contributed by atoms with Crippen molar-refractivity contribution in [2.45, 2.75) is 30.9 Å². The summed E-state index contributed by atoms with van der Waals surface area (Å²) < 4.78 is 31.5. The van der Waals surface area contributed by atoms with Gasteiger partial charge in [-0.05, 0) is 39.1 Å². The highest BCUT2D eigenvalue weighted by atomic mass is 35.5. The van der Waals surface area contributed by atoms with E-state index < -0.39 is 10.0 Å². The van der Waals surface area contributed by atoms with Gasteiger partial charge in [0, 0.05) is 6.54 Å². The molecule has 1 aliphatic heterocycles. The van der Waals surface area contributed by atoms with Crippen LogP contribution in [0.1, 0.15) is 24.2 Å². The molecule has 6 nitrogen and oxygen atoms in total. The van der Waals surface area contributed by atoms with E-state index in [2.05, 4.69) is 4.72 Å². The standard InChI is InChI=1S/C14H19ClN2O4S/c1-9-8-21-10(2)7-17(9)14(18)12-6-11(4-5-13(12)15)22(19,20)16-3/h4-6,9-10,16H,7-8H2,1-3H3. The zero-order chi connectivity index (χ0) is 16.5. The number of rotatable bonds is 3. The number of sulfonamides is 1. The molecule has 1 N–H and O–H groups in total. The summed E-state index contributed by atoms with van der Waals surface area (Å²) in [5.74, 6) is -0.291. The van der Waals surface area contributed by atoms with Crippen LogP contribution in [-0.2, 0) is 14.8 Å². The van der Waals surface area contributed by atoms with Gasteiger partial charge in [-0.15, -0.1) is 0 Å². The number of ether oxygens (including phenoxy) is 1. The summed E-state index contributed by atoms with van der Waals surface area (Å²) in [7, 11) is -2.31. The number of carbonyl (C=O) groups is 1. The molecule has 0 saturated carbocycles. The first-order valence-corrected chi connectivity index (χ1v) is 8.78. The molecule has 8 heteroatoms. The quantitative estimate of drug-likeness (QED) is 0.899. The van der Waals surface area contributed by atoms with Gasteiger partial charge in [-0.2, -0.15) is 0 Å². The monoisotopic (exact) mass is 346 g/mol. The average molecular weight is 347 g/mol. The van der Waals surface area contributed by atoms with E-state index in [0.29, 0.717) is 13.2 Å². The molecule has 0 bridgehead atoms. The van der Waals surface area contributed by atoms with Gasteiger partial charge in [0.2, 0.25) is 10.0 Å². The lowest BCUT2D eigenvalue weighted by atomic mass is 10.1. The summed E-state index contributed by atoms with van der Waals surface area (Å²) in [6.07, 6.45) is -0.0665. The Bertz CT molecular complexity index is 677. The van der Waals surface area contributed by atoms with Crippen LogP contribution in [0.2, 0.25) is 5.02 Å². The molecule has 0 spiro atoms. The first kappa shape index (κ1) is 17.2. The molecule has 0 aliphatic carbocycles. The van der Waals surface area contributed by atoms with Crippen molar-refractivity contribution in [1.82, 2.24) is 9.62 Å². The summed E-state index contributed by atoms with van der Waals surface area (Å²) in [6, 6.07) is 4.01. The van der Waals surface area contributed by atoms with Gasteiger partial charge in [-0.1, -0.05) is 11.6 Å². The average Bonchev–Trinajstić information content (AvgIpc) is 2.49. The van der Waals surface area contributed by atoms with E-state index in [4.69, 9.17) is 16.3 Å². The maximum atomic E-state index is 12.7. The van der Waals surface area contributed by atoms with Gasteiger partial charge in [0.25, 0.3) is 5.91 Å². The Morgan fingerprint density at radius 1 is 1.41 bits per heavy atom. The molecule has 1 aliphatic rings. The Labute approximate surface area is 135 Å². The minimum absolute atomic E-state index is 0.0108. The molecular formula is C14H19ClN2O4S. The van der Waals surface area contributed by atoms with Crippen molar-refractivity contribution in [2.75, 3.05) is 20.2 Å². The minimum Gasteiger partial charge on any atom is -0.375 e. The number of hydrogen-bond donors (Lipinski definition) is 1. The van der Waals surface area contributed by atoms with Gasteiger partial charge in [0.1, 0.15) is 0 Å². The number of benzene rings is 1. The summed E-state index contributed by atoms with van der Waals surface area (Å²) in [6.45, 7) is 4.65. The number of carbonyl (C=O) groups excluding carboxylic acids is 1. The third-order valence-corrected chi connectivity index (χ3v) is 5.36. The van der Waals surface area contributed by atoms with Crippen molar-refractivity contribution in [1.29, 1.82) is 0 Å². The lowest BCUT2D eigenvalue weighted by Crippen LogP contribution is -2.50. The maximum absolute atomic E-state index is 12.7. The highest BCUT2D eigenvalue weighted by molar-refractivity contribution is 7.89. The first-order valence-electron chi connectivity index (χ1n) is 6.92. The number of amides is 1. The van der Waals surface area contributed by atoms with Crippen molar-refractivity contribution in [2.24, 2.45) is 0 Å². The predicted octanol–water partition coefficient (Wildman–Crippen LogP) is 1.50. The van der Waals surface area contributed by atoms with Gasteiger partial charge >= 0.3 is 0 Å². The van der Waals surface area contributed by atoms with Gasteiger partial charge in [-0.3, -0.25) is 4.79 Å². The topological polar surface area (TPSA) is 75.7 Å². The normalized spacial score (nSPS) is 22.6. The third-order valence-electron chi connectivity index (χ3n) is 3.62. The molecule has 0 radical (unpaired) electrons. The van der Waals surface area contributed by atoms with Crippen LogP contribution in [0.3, 0.4) is 0 Å². The van der Waals surface area contributed by atoms with E-state index in [1.807, 2.05) is 13.8 Å². The van der Waals surface area contributed by atoms with E-state index in [1.165, 1.54) is 25.2 Å². The molecule has 1 amide bonds. The molecule has 1 aromatic rings. The van der Waals surface area contributed by atoms with Crippen LogP contribution >= 0.6 is 11.6 Å². The van der Waals surface area contributed by atoms with Crippen molar-refractivity contribution < 1.29 is 17.9 Å². The Balaban J connectivity index is 2.39. The van der Waals surface area contributed by atoms with E-state index in [-0.39, 0.29) is 33.5 Å². The van der Waals surface area contributed by atoms with Crippen molar-refractivity contribution in [3.63, 3.8) is 0 Å². The third kappa shape index (κ3) is 3.43. The molecule has 22 heavy (non-hydrogen) atoms. The molecule has 1 aromatic carbocycles. The van der Waals surface area contributed by atoms with Crippen LogP contribution in [-0.4, -0.2) is 51.6 Å². The SMILES string of the molecule is CNS(=O)(=O)c1ccc(Cl)c(C(=O)N2CC(C)OCC2C)c1. The summed E-state index contributed by atoms with van der Waals surface area (Å²) >= 11 is 6.09. The number of halogens is 1. The van der Waals surface area contributed by atoms with Crippen LogP contribution in [0.15, 0.2) is 23.1 Å². The van der Waals surface area contributed by atoms with Crippen LogP contribution in [0, 0.1) is 0 Å². The Morgan fingerprint density at radius 2 is 2.09 bits per heavy atom. The van der Waals surface area contributed by atoms with E-state index in [9.17, 15) is 13.2 Å². The van der Waals surface area contributed by atoms with Gasteiger partial charge in [0.15, 0.2) is 0 Å². The Hall–Kier alpha value is -1.15. The second kappa shape index (κ2) is 6.54. The van der Waals surface area contributed by atoms with Crippen molar-refractivity contribution >= 4 is 27.5 Å². The number of hydrogen-bond acceptors (Lipinski definition) is 4. The Kier molecular flexibility index (Phi) is 5.11. The molecule has 1 heterocycles. The van der Waals surface area contributed by atoms with Crippen LogP contribution in [0.5, 0.6) is 0 Å². The molecule has 1 saturated heterocycles. The predicted molar refractivity (Wildman–Crippen MR) is 83.6 cm³/mol. The second-order valence-corrected chi connectivity index (χ2v) is 7.59. The molecule has 0 aromatic heterocycles. The van der Waals surface area contributed by atoms with Gasteiger partial charge in [-0.25, -0.2) is 13.1 Å². The van der Waals surface area contributed by atoms with E-state index in [1.54, 1.807) is 4.90 Å². The van der Waals surface area contributed by atoms with Gasteiger partial charge in [0.05, 0.1) is 34.2 Å². The number of nitrogens with zero attached hydrogens (tertiary/aromatic N) is 1. The summed E-state index contributed by atoms with van der Waals surface area (Å²) in [5.41, 5.74) is 0.180. The highest BCUT2D eigenvalue weighted by Crippen LogP contribution is 2.24. The van der Waals surface area contributed by atoms with E-state index in [0.717, 1.165) is 0 Å². The summed E-state index contributed by atoms with van der Waals surface area (Å²) in [4.78, 5) is 14.4. The maximum Gasteiger partial charge on any atom is 0.255 e. The fourth-order valence-corrected chi connectivity index (χ4v) is 3.25. The van der Waals surface area contributed by atoms with Crippen molar-refractivity contribution in [3.05, 3.63) is 28.8 Å². The minimum atomic E-state index is -3.63. The zero-order valence-corrected chi connectivity index (χ0v) is 14.2. The fourth-order valence-electron chi connectivity index (χ4n) is 2.29. The fraction of sp³-hybridized carbons (Fsp3) is 0.500. The largest absolute Gasteiger partial charge is 0.375 e. The van der Waals surface area contributed by atoms with Crippen LogP contribution < -0.4 is 4.72 Å². The molecule has 2 atom stereocenters. The summed E-state index contributed by atoms with van der Waals surface area (Å²) in [5, 5.41) is 0.228. The molecule has 2 unspecified atom stereocenters. The van der Waals surface area contributed by atoms with Crippen molar-refractivity contribution in [3.8, 4) is 0 Å². The first-order chi connectivity index (χ1) is 10.3. The molecule has 1 fully saturated rings. The second-order valence-electron chi connectivity index (χ2n) is 5.30.